The van der Waals surface area contributed by atoms with Crippen molar-refractivity contribution in [1.82, 2.24) is 9.62 Å². The summed E-state index contributed by atoms with van der Waals surface area (Å²) in [5.41, 5.74) is 0.934. The van der Waals surface area contributed by atoms with E-state index in [0.717, 1.165) is 11.8 Å². The van der Waals surface area contributed by atoms with E-state index in [9.17, 15) is 13.2 Å². The summed E-state index contributed by atoms with van der Waals surface area (Å²) in [6.07, 6.45) is 1.70. The number of hydrogen-bond acceptors (Lipinski definition) is 5. The lowest BCUT2D eigenvalue weighted by molar-refractivity contribution is -0.126. The first-order valence-electron chi connectivity index (χ1n) is 7.30. The van der Waals surface area contributed by atoms with Crippen molar-refractivity contribution in [3.05, 3.63) is 23.8 Å². The Morgan fingerprint density at radius 1 is 1.48 bits per heavy atom. The van der Waals surface area contributed by atoms with Gasteiger partial charge in [-0.15, -0.1) is 0 Å². The van der Waals surface area contributed by atoms with Gasteiger partial charge in [0.2, 0.25) is 15.9 Å². The van der Waals surface area contributed by atoms with Crippen LogP contribution >= 0.6 is 0 Å². The number of sulfonamides is 1. The molecule has 1 amide bonds. The predicted octanol–water partition coefficient (Wildman–Crippen LogP) is 0.254. The molecule has 128 valence electrons. The van der Waals surface area contributed by atoms with Crippen LogP contribution in [0.4, 0.5) is 0 Å². The van der Waals surface area contributed by atoms with Crippen LogP contribution in [0.3, 0.4) is 0 Å². The first-order chi connectivity index (χ1) is 10.8. The van der Waals surface area contributed by atoms with Crippen molar-refractivity contribution in [3.8, 4) is 11.5 Å². The third-order valence-electron chi connectivity index (χ3n) is 3.84. The number of amides is 1. The Morgan fingerprint density at radius 3 is 2.87 bits per heavy atom. The van der Waals surface area contributed by atoms with Crippen LogP contribution in [0.2, 0.25) is 0 Å². The first-order valence-corrected chi connectivity index (χ1v) is 9.15. The molecule has 0 saturated carbocycles. The van der Waals surface area contributed by atoms with E-state index in [1.54, 1.807) is 7.11 Å². The molecule has 0 saturated heterocycles. The monoisotopic (exact) mass is 342 g/mol. The Kier molecular flexibility index (Phi) is 5.48. The van der Waals surface area contributed by atoms with Crippen LogP contribution in [0, 0.1) is 5.92 Å². The number of fused-ring (bicyclic) bond motifs is 1. The van der Waals surface area contributed by atoms with E-state index in [0.29, 0.717) is 17.9 Å². The van der Waals surface area contributed by atoms with E-state index >= 15 is 0 Å². The first kappa shape index (κ1) is 17.6. The molecule has 1 aromatic rings. The van der Waals surface area contributed by atoms with Gasteiger partial charge in [0.25, 0.3) is 0 Å². The van der Waals surface area contributed by atoms with Crippen molar-refractivity contribution in [1.29, 1.82) is 0 Å². The lowest BCUT2D eigenvalue weighted by Crippen LogP contribution is -2.41. The number of nitrogens with one attached hydrogen (secondary N) is 1. The number of benzene rings is 1. The van der Waals surface area contributed by atoms with Crippen molar-refractivity contribution in [2.45, 2.75) is 6.42 Å². The number of nitrogens with zero attached hydrogens (tertiary/aromatic N) is 1. The Labute approximate surface area is 136 Å². The molecule has 0 radical (unpaired) electrons. The molecule has 1 heterocycles. The molecule has 2 rings (SSSR count). The maximum absolute atomic E-state index is 12.2. The number of carbonyl (C=O) groups is 1. The van der Waals surface area contributed by atoms with Gasteiger partial charge in [0.05, 0.1) is 19.3 Å². The van der Waals surface area contributed by atoms with Gasteiger partial charge in [0, 0.05) is 20.1 Å². The molecule has 0 unspecified atom stereocenters. The number of ether oxygens (including phenoxy) is 2. The summed E-state index contributed by atoms with van der Waals surface area (Å²) in [7, 11) is -0.171. The lowest BCUT2D eigenvalue weighted by Gasteiger charge is -2.26. The van der Waals surface area contributed by atoms with Gasteiger partial charge in [-0.2, -0.15) is 0 Å². The van der Waals surface area contributed by atoms with Crippen molar-refractivity contribution in [2.75, 3.05) is 40.1 Å². The Morgan fingerprint density at radius 2 is 2.22 bits per heavy atom. The normalized spacial score (nSPS) is 17.3. The topological polar surface area (TPSA) is 84.9 Å². The van der Waals surface area contributed by atoms with Crippen LogP contribution in [0.1, 0.15) is 5.56 Å². The van der Waals surface area contributed by atoms with Gasteiger partial charge in [0.1, 0.15) is 6.61 Å². The smallest absolute Gasteiger partial charge is 0.226 e. The van der Waals surface area contributed by atoms with E-state index in [1.165, 1.54) is 11.4 Å². The van der Waals surface area contributed by atoms with Crippen LogP contribution < -0.4 is 14.8 Å². The van der Waals surface area contributed by atoms with Crippen molar-refractivity contribution in [3.63, 3.8) is 0 Å². The van der Waals surface area contributed by atoms with E-state index in [2.05, 4.69) is 5.32 Å². The molecule has 23 heavy (non-hydrogen) atoms. The zero-order chi connectivity index (χ0) is 17.0. The van der Waals surface area contributed by atoms with Gasteiger partial charge < -0.3 is 14.8 Å². The second kappa shape index (κ2) is 7.18. The average Bonchev–Trinajstić information content (AvgIpc) is 2.52. The lowest BCUT2D eigenvalue weighted by atomic mass is 9.95. The second-order valence-corrected chi connectivity index (χ2v) is 7.63. The van der Waals surface area contributed by atoms with Crippen LogP contribution in [0.15, 0.2) is 18.2 Å². The molecule has 0 aromatic heterocycles. The SMILES string of the molecule is COc1cccc2c1OC[C@@H](C(=O)NCCN(C)S(C)(=O)=O)C2. The van der Waals surface area contributed by atoms with Gasteiger partial charge in [-0.3, -0.25) is 4.79 Å². The highest BCUT2D eigenvalue weighted by Crippen LogP contribution is 2.35. The zero-order valence-corrected chi connectivity index (χ0v) is 14.4. The maximum atomic E-state index is 12.2. The minimum absolute atomic E-state index is 0.139. The Balaban J connectivity index is 1.90. The van der Waals surface area contributed by atoms with E-state index in [1.807, 2.05) is 18.2 Å². The third kappa shape index (κ3) is 4.35. The summed E-state index contributed by atoms with van der Waals surface area (Å²) in [6.45, 7) is 0.785. The summed E-state index contributed by atoms with van der Waals surface area (Å²) in [5.74, 6) is 0.922. The van der Waals surface area contributed by atoms with Gasteiger partial charge in [-0.25, -0.2) is 12.7 Å². The summed E-state index contributed by atoms with van der Waals surface area (Å²) >= 11 is 0. The Hall–Kier alpha value is -1.80. The van der Waals surface area contributed by atoms with Crippen LogP contribution in [-0.2, 0) is 21.2 Å². The van der Waals surface area contributed by atoms with Crippen molar-refractivity contribution in [2.24, 2.45) is 5.92 Å². The molecule has 0 bridgehead atoms. The highest BCUT2D eigenvalue weighted by atomic mass is 32.2. The second-order valence-electron chi connectivity index (χ2n) is 5.54. The van der Waals surface area contributed by atoms with E-state index in [-0.39, 0.29) is 31.5 Å². The summed E-state index contributed by atoms with van der Waals surface area (Å²) in [5, 5.41) is 2.76. The fourth-order valence-corrected chi connectivity index (χ4v) is 2.79. The summed E-state index contributed by atoms with van der Waals surface area (Å²) in [6, 6.07) is 5.59. The molecule has 1 atom stereocenters. The highest BCUT2D eigenvalue weighted by Gasteiger charge is 2.27. The number of rotatable bonds is 6. The maximum Gasteiger partial charge on any atom is 0.226 e. The number of hydrogen-bond donors (Lipinski definition) is 1. The molecule has 7 nitrogen and oxygen atoms in total. The highest BCUT2D eigenvalue weighted by molar-refractivity contribution is 7.88. The van der Waals surface area contributed by atoms with E-state index in [4.69, 9.17) is 9.47 Å². The van der Waals surface area contributed by atoms with Crippen LogP contribution in [0.25, 0.3) is 0 Å². The van der Waals surface area contributed by atoms with Crippen molar-refractivity contribution >= 4 is 15.9 Å². The molecule has 0 aliphatic carbocycles. The minimum Gasteiger partial charge on any atom is -0.493 e. The van der Waals surface area contributed by atoms with Crippen molar-refractivity contribution < 1.29 is 22.7 Å². The summed E-state index contributed by atoms with van der Waals surface area (Å²) < 4.78 is 34.7. The Bertz CT molecular complexity index is 674. The zero-order valence-electron chi connectivity index (χ0n) is 13.5. The molecule has 0 spiro atoms. The molecule has 1 aromatic carbocycles. The van der Waals surface area contributed by atoms with Gasteiger partial charge in [-0.1, -0.05) is 12.1 Å². The van der Waals surface area contributed by atoms with Crippen LogP contribution in [0.5, 0.6) is 11.5 Å². The average molecular weight is 342 g/mol. The standard InChI is InChI=1S/C15H22N2O5S/c1-17(23(3,19)20)8-7-16-15(18)12-9-11-5-4-6-13(21-2)14(11)22-10-12/h4-6,12H,7-10H2,1-3H3,(H,16,18)/t12-/m0/s1. The number of carbonyl (C=O) groups excluding carboxylic acids is 1. The largest absolute Gasteiger partial charge is 0.493 e. The quantitative estimate of drug-likeness (QED) is 0.801. The predicted molar refractivity (Wildman–Crippen MR) is 86.2 cm³/mol. The van der Waals surface area contributed by atoms with Crippen LogP contribution in [-0.4, -0.2) is 58.7 Å². The molecular formula is C15H22N2O5S. The fraction of sp³-hybridized carbons (Fsp3) is 0.533. The minimum atomic E-state index is -3.23. The molecule has 8 heteroatoms. The van der Waals surface area contributed by atoms with Gasteiger partial charge in [0.15, 0.2) is 11.5 Å². The number of para-hydroxylation sites is 1. The fourth-order valence-electron chi connectivity index (χ4n) is 2.37. The molecule has 1 N–H and O–H groups in total. The third-order valence-corrected chi connectivity index (χ3v) is 5.15. The van der Waals surface area contributed by atoms with Gasteiger partial charge in [-0.05, 0) is 18.1 Å². The van der Waals surface area contributed by atoms with Gasteiger partial charge >= 0.3 is 0 Å². The number of likely N-dealkylation sites (N-methyl/N-ethyl adjacent to an activating group) is 1. The molecular weight excluding hydrogens is 320 g/mol. The number of methoxy groups -OCH3 is 1. The summed E-state index contributed by atoms with van der Waals surface area (Å²) in [4.78, 5) is 12.2. The molecule has 0 fully saturated rings. The van der Waals surface area contributed by atoms with E-state index < -0.39 is 10.0 Å². The molecule has 1 aliphatic heterocycles. The molecule has 1 aliphatic rings.